The third-order valence-electron chi connectivity index (χ3n) is 1.13. The molecule has 1 unspecified atom stereocenters. The number of aliphatic hydroxyl groups is 1. The van der Waals surface area contributed by atoms with Crippen molar-refractivity contribution in [3.8, 4) is 0 Å². The Morgan fingerprint density at radius 3 is 2.78 bits per heavy atom. The number of allylic oxidation sites excluding steroid dienone is 1. The fourth-order valence-electron chi connectivity index (χ4n) is 0.547. The van der Waals surface area contributed by atoms with Crippen molar-refractivity contribution in [2.24, 2.45) is 5.92 Å². The van der Waals surface area contributed by atoms with Crippen LogP contribution in [0.5, 0.6) is 0 Å². The van der Waals surface area contributed by atoms with Crippen molar-refractivity contribution in [3.63, 3.8) is 0 Å². The zero-order valence-corrected chi connectivity index (χ0v) is 6.09. The predicted molar refractivity (Wildman–Crippen MR) is 39.2 cm³/mol. The van der Waals surface area contributed by atoms with E-state index in [1.807, 2.05) is 19.1 Å². The molecule has 0 radical (unpaired) electrons. The lowest BCUT2D eigenvalue weighted by molar-refractivity contribution is 0.274. The second kappa shape index (κ2) is 5.61. The van der Waals surface area contributed by atoms with Gasteiger partial charge in [-0.3, -0.25) is 0 Å². The van der Waals surface area contributed by atoms with Crippen molar-refractivity contribution >= 4 is 0 Å². The zero-order chi connectivity index (χ0) is 7.11. The lowest BCUT2D eigenvalue weighted by Crippen LogP contribution is -1.91. The van der Waals surface area contributed by atoms with E-state index >= 15 is 0 Å². The summed E-state index contributed by atoms with van der Waals surface area (Å²) in [5.41, 5.74) is 2.97. The molecule has 52 valence electrons. The van der Waals surface area contributed by atoms with Gasteiger partial charge in [-0.15, -0.1) is 5.73 Å². The van der Waals surface area contributed by atoms with Gasteiger partial charge >= 0.3 is 0 Å². The summed E-state index contributed by atoms with van der Waals surface area (Å²) in [5, 5.41) is 8.48. The summed E-state index contributed by atoms with van der Waals surface area (Å²) in [7, 11) is 0. The minimum atomic E-state index is 0.267. The van der Waals surface area contributed by atoms with E-state index in [1.165, 1.54) is 0 Å². The van der Waals surface area contributed by atoms with Crippen molar-refractivity contribution in [2.45, 2.75) is 20.3 Å². The number of hydrogen-bond donors (Lipinski definition) is 1. The Bertz CT molecular complexity index is 110. The van der Waals surface area contributed by atoms with Crippen LogP contribution in [0.25, 0.3) is 0 Å². The molecule has 0 fully saturated rings. The molecule has 0 saturated heterocycles. The summed E-state index contributed by atoms with van der Waals surface area (Å²) >= 11 is 0. The van der Waals surface area contributed by atoms with Gasteiger partial charge in [0.05, 0.1) is 0 Å². The van der Waals surface area contributed by atoms with E-state index in [9.17, 15) is 0 Å². The van der Waals surface area contributed by atoms with Crippen molar-refractivity contribution in [3.05, 3.63) is 17.9 Å². The van der Waals surface area contributed by atoms with Gasteiger partial charge in [0.25, 0.3) is 0 Å². The minimum Gasteiger partial charge on any atom is -0.396 e. The summed E-state index contributed by atoms with van der Waals surface area (Å²) in [5.74, 6) is 0.450. The Kier molecular flexibility index (Phi) is 5.29. The highest BCUT2D eigenvalue weighted by molar-refractivity contribution is 4.85. The van der Waals surface area contributed by atoms with E-state index in [1.54, 1.807) is 0 Å². The fraction of sp³-hybridized carbons (Fsp3) is 0.625. The normalized spacial score (nSPS) is 11.9. The van der Waals surface area contributed by atoms with Gasteiger partial charge in [-0.1, -0.05) is 6.92 Å². The quantitative estimate of drug-likeness (QED) is 0.571. The third kappa shape index (κ3) is 5.35. The van der Waals surface area contributed by atoms with Crippen LogP contribution in [-0.4, -0.2) is 11.7 Å². The molecule has 0 amide bonds. The molecule has 0 saturated carbocycles. The van der Waals surface area contributed by atoms with Crippen LogP contribution >= 0.6 is 0 Å². The van der Waals surface area contributed by atoms with E-state index in [0.717, 1.165) is 6.42 Å². The topological polar surface area (TPSA) is 20.2 Å². The van der Waals surface area contributed by atoms with Gasteiger partial charge in [0.15, 0.2) is 0 Å². The highest BCUT2D eigenvalue weighted by Gasteiger charge is 1.91. The first-order valence-electron chi connectivity index (χ1n) is 3.29. The van der Waals surface area contributed by atoms with Crippen LogP contribution in [0, 0.1) is 5.92 Å². The van der Waals surface area contributed by atoms with Gasteiger partial charge in [-0.25, -0.2) is 0 Å². The maximum Gasteiger partial charge on any atom is 0.0436 e. The molecule has 0 aliphatic carbocycles. The molecule has 0 spiro atoms. The molecular weight excluding hydrogens is 112 g/mol. The lowest BCUT2D eigenvalue weighted by Gasteiger charge is -1.97. The summed E-state index contributed by atoms with van der Waals surface area (Å²) in [6.07, 6.45) is 4.67. The highest BCUT2D eigenvalue weighted by Crippen LogP contribution is 2.00. The number of rotatable bonds is 3. The third-order valence-corrected chi connectivity index (χ3v) is 1.13. The summed E-state index contributed by atoms with van der Waals surface area (Å²) in [4.78, 5) is 0. The van der Waals surface area contributed by atoms with Crippen molar-refractivity contribution < 1.29 is 5.11 Å². The Morgan fingerprint density at radius 1 is 1.67 bits per heavy atom. The van der Waals surface area contributed by atoms with Gasteiger partial charge in [0.1, 0.15) is 0 Å². The van der Waals surface area contributed by atoms with Crippen LogP contribution in [0.2, 0.25) is 0 Å². The zero-order valence-electron chi connectivity index (χ0n) is 6.09. The molecule has 1 atom stereocenters. The monoisotopic (exact) mass is 126 g/mol. The number of hydrogen-bond acceptors (Lipinski definition) is 1. The lowest BCUT2D eigenvalue weighted by atomic mass is 10.1. The summed E-state index contributed by atoms with van der Waals surface area (Å²) in [6.45, 7) is 4.26. The highest BCUT2D eigenvalue weighted by atomic mass is 16.2. The van der Waals surface area contributed by atoms with Crippen molar-refractivity contribution in [1.82, 2.24) is 0 Å². The van der Waals surface area contributed by atoms with E-state index in [-0.39, 0.29) is 6.61 Å². The smallest absolute Gasteiger partial charge is 0.0436 e. The fourth-order valence-corrected chi connectivity index (χ4v) is 0.547. The van der Waals surface area contributed by atoms with Crippen molar-refractivity contribution in [2.75, 3.05) is 6.61 Å². The van der Waals surface area contributed by atoms with Gasteiger partial charge < -0.3 is 5.11 Å². The molecule has 9 heavy (non-hydrogen) atoms. The SMILES string of the molecule is CC=C=CC(C)CCO. The molecular formula is C8H14O. The van der Waals surface area contributed by atoms with Crippen LogP contribution in [0.3, 0.4) is 0 Å². The molecule has 0 aromatic rings. The molecule has 0 rings (SSSR count). The van der Waals surface area contributed by atoms with Gasteiger partial charge in [0, 0.05) is 6.61 Å². The van der Waals surface area contributed by atoms with Crippen LogP contribution in [0.1, 0.15) is 20.3 Å². The molecule has 0 aliphatic rings. The predicted octanol–water partition coefficient (Wildman–Crippen LogP) is 1.74. The van der Waals surface area contributed by atoms with Gasteiger partial charge in [-0.05, 0) is 31.4 Å². The van der Waals surface area contributed by atoms with E-state index in [0.29, 0.717) is 5.92 Å². The Labute approximate surface area is 56.7 Å². The van der Waals surface area contributed by atoms with E-state index in [2.05, 4.69) is 12.7 Å². The molecule has 1 N–H and O–H groups in total. The molecule has 0 bridgehead atoms. The maximum absolute atomic E-state index is 8.48. The summed E-state index contributed by atoms with van der Waals surface area (Å²) in [6, 6.07) is 0. The molecule has 0 heterocycles. The standard InChI is InChI=1S/C8H14O/c1-3-4-5-8(2)6-7-9/h3,5,8-9H,6-7H2,1-2H3. The second-order valence-electron chi connectivity index (χ2n) is 2.11. The second-order valence-corrected chi connectivity index (χ2v) is 2.11. The molecule has 1 heteroatoms. The van der Waals surface area contributed by atoms with Crippen LogP contribution < -0.4 is 0 Å². The van der Waals surface area contributed by atoms with E-state index < -0.39 is 0 Å². The Hall–Kier alpha value is -0.520. The van der Waals surface area contributed by atoms with E-state index in [4.69, 9.17) is 5.11 Å². The number of aliphatic hydroxyl groups excluding tert-OH is 1. The average Bonchev–Trinajstić information content (AvgIpc) is 1.85. The van der Waals surface area contributed by atoms with Crippen LogP contribution in [-0.2, 0) is 0 Å². The molecule has 0 aromatic heterocycles. The first-order chi connectivity index (χ1) is 4.31. The maximum atomic E-state index is 8.48. The molecule has 0 aliphatic heterocycles. The molecule has 1 nitrogen and oxygen atoms in total. The first kappa shape index (κ1) is 8.48. The minimum absolute atomic E-state index is 0.267. The Morgan fingerprint density at radius 2 is 2.33 bits per heavy atom. The van der Waals surface area contributed by atoms with Gasteiger partial charge in [-0.2, -0.15) is 0 Å². The molecule has 0 aromatic carbocycles. The largest absolute Gasteiger partial charge is 0.396 e. The van der Waals surface area contributed by atoms with Crippen LogP contribution in [0.15, 0.2) is 17.9 Å². The summed E-state index contributed by atoms with van der Waals surface area (Å²) < 4.78 is 0. The van der Waals surface area contributed by atoms with Crippen LogP contribution in [0.4, 0.5) is 0 Å². The average molecular weight is 126 g/mol. The van der Waals surface area contributed by atoms with Crippen molar-refractivity contribution in [1.29, 1.82) is 0 Å². The first-order valence-corrected chi connectivity index (χ1v) is 3.29. The van der Waals surface area contributed by atoms with Gasteiger partial charge in [0.2, 0.25) is 0 Å². The Balaban J connectivity index is 3.49.